The van der Waals surface area contributed by atoms with E-state index in [1.54, 1.807) is 7.05 Å². The molecule has 1 fully saturated rings. The normalized spacial score (nSPS) is 23.6. The summed E-state index contributed by atoms with van der Waals surface area (Å²) in [5.41, 5.74) is 0. The lowest BCUT2D eigenvalue weighted by Crippen LogP contribution is -2.39. The Kier molecular flexibility index (Phi) is 6.24. The van der Waals surface area contributed by atoms with Crippen LogP contribution in [0.5, 0.6) is 0 Å². The van der Waals surface area contributed by atoms with Gasteiger partial charge >= 0.3 is 0 Å². The molecule has 16 heavy (non-hydrogen) atoms. The molecule has 0 atom stereocenters. The van der Waals surface area contributed by atoms with E-state index < -0.39 is 24.3 Å². The van der Waals surface area contributed by atoms with Crippen LogP contribution in [0.3, 0.4) is 0 Å². The van der Waals surface area contributed by atoms with Crippen LogP contribution in [-0.4, -0.2) is 46.5 Å². The molecule has 1 heterocycles. The van der Waals surface area contributed by atoms with Crippen LogP contribution in [0.4, 0.5) is 0 Å². The second-order valence-electron chi connectivity index (χ2n) is 3.76. The number of hydrogen-bond donors (Lipinski definition) is 1. The predicted octanol–water partition coefficient (Wildman–Crippen LogP) is -0.0328. The van der Waals surface area contributed by atoms with Crippen molar-refractivity contribution in [3.8, 4) is 0 Å². The summed E-state index contributed by atoms with van der Waals surface area (Å²) in [5, 5.41) is 2.87. The Labute approximate surface area is 103 Å². The van der Waals surface area contributed by atoms with Gasteiger partial charge in [0.1, 0.15) is 0 Å². The summed E-state index contributed by atoms with van der Waals surface area (Å²) in [7, 11) is -5.10. The minimum atomic E-state index is -3.43. The van der Waals surface area contributed by atoms with Crippen molar-refractivity contribution >= 4 is 32.1 Å². The van der Waals surface area contributed by atoms with E-state index in [1.165, 1.54) is 0 Å². The molecule has 1 saturated heterocycles. The summed E-state index contributed by atoms with van der Waals surface area (Å²) in [6.07, 6.45) is 1.03. The Morgan fingerprint density at radius 2 is 1.62 bits per heavy atom. The summed E-state index contributed by atoms with van der Waals surface area (Å²) in [6, 6.07) is 0. The standard InChI is InChI=1S/C8H17NO4S2.ClH/c1-9-5-2-4-8-14(10,11)6-3-7-15(8,12)13;/h8-9H,2-7H2,1H3;1H. The molecule has 0 aromatic carbocycles. The van der Waals surface area contributed by atoms with Gasteiger partial charge in [-0.15, -0.1) is 12.4 Å². The zero-order chi connectivity index (χ0) is 11.5. The third kappa shape index (κ3) is 3.87. The van der Waals surface area contributed by atoms with Gasteiger partial charge in [0.05, 0.1) is 11.5 Å². The zero-order valence-corrected chi connectivity index (χ0v) is 11.6. The molecule has 0 radical (unpaired) electrons. The first-order valence-corrected chi connectivity index (χ1v) is 8.41. The lowest BCUT2D eigenvalue weighted by molar-refractivity contribution is 0.554. The van der Waals surface area contributed by atoms with Crippen molar-refractivity contribution in [3.05, 3.63) is 0 Å². The molecule has 1 aliphatic rings. The molecule has 98 valence electrons. The van der Waals surface area contributed by atoms with Crippen LogP contribution >= 0.6 is 12.4 Å². The second-order valence-corrected chi connectivity index (χ2v) is 8.67. The molecule has 0 saturated carbocycles. The highest BCUT2D eigenvalue weighted by atomic mass is 35.5. The van der Waals surface area contributed by atoms with Crippen molar-refractivity contribution in [3.63, 3.8) is 0 Å². The Hall–Kier alpha value is 0.150. The van der Waals surface area contributed by atoms with Crippen molar-refractivity contribution in [2.75, 3.05) is 25.1 Å². The molecule has 0 aromatic heterocycles. The van der Waals surface area contributed by atoms with Gasteiger partial charge in [-0.1, -0.05) is 0 Å². The van der Waals surface area contributed by atoms with Crippen LogP contribution in [0.2, 0.25) is 0 Å². The minimum Gasteiger partial charge on any atom is -0.320 e. The third-order valence-corrected chi connectivity index (χ3v) is 8.07. The summed E-state index contributed by atoms with van der Waals surface area (Å²) in [4.78, 5) is 0. The van der Waals surface area contributed by atoms with Crippen LogP contribution in [-0.2, 0) is 19.7 Å². The maximum absolute atomic E-state index is 11.6. The molecular formula is C8H18ClNO4S2. The fourth-order valence-electron chi connectivity index (χ4n) is 1.75. The molecule has 0 aromatic rings. The fourth-order valence-corrected chi connectivity index (χ4v) is 6.97. The van der Waals surface area contributed by atoms with Gasteiger partial charge < -0.3 is 5.32 Å². The molecule has 1 aliphatic heterocycles. The summed E-state index contributed by atoms with van der Waals surface area (Å²) in [5.74, 6) is 0.0207. The first-order valence-electron chi connectivity index (χ1n) is 4.98. The summed E-state index contributed by atoms with van der Waals surface area (Å²) >= 11 is 0. The number of halogens is 1. The first kappa shape index (κ1) is 16.1. The molecule has 5 nitrogen and oxygen atoms in total. The van der Waals surface area contributed by atoms with Crippen molar-refractivity contribution < 1.29 is 16.8 Å². The van der Waals surface area contributed by atoms with Gasteiger partial charge in [-0.2, -0.15) is 0 Å². The predicted molar refractivity (Wildman–Crippen MR) is 66.4 cm³/mol. The van der Waals surface area contributed by atoms with E-state index in [1.807, 2.05) is 0 Å². The lowest BCUT2D eigenvalue weighted by atomic mass is 10.3. The maximum atomic E-state index is 11.6. The van der Waals surface area contributed by atoms with Gasteiger partial charge in [-0.3, -0.25) is 0 Å². The van der Waals surface area contributed by atoms with Crippen LogP contribution in [0.15, 0.2) is 0 Å². The molecule has 0 spiro atoms. The molecule has 0 aliphatic carbocycles. The van der Waals surface area contributed by atoms with Crippen LogP contribution in [0.25, 0.3) is 0 Å². The summed E-state index contributed by atoms with van der Waals surface area (Å²) in [6.45, 7) is 0.640. The van der Waals surface area contributed by atoms with E-state index >= 15 is 0 Å². The van der Waals surface area contributed by atoms with Gasteiger partial charge in [0, 0.05) is 0 Å². The van der Waals surface area contributed by atoms with Crippen molar-refractivity contribution in [2.45, 2.75) is 23.8 Å². The average molecular weight is 292 g/mol. The van der Waals surface area contributed by atoms with E-state index in [0.717, 1.165) is 0 Å². The number of sulfone groups is 2. The van der Waals surface area contributed by atoms with E-state index in [4.69, 9.17) is 0 Å². The Morgan fingerprint density at radius 3 is 2.06 bits per heavy atom. The van der Waals surface area contributed by atoms with Gasteiger partial charge in [0.2, 0.25) is 0 Å². The molecule has 1 rings (SSSR count). The quantitative estimate of drug-likeness (QED) is 0.736. The zero-order valence-electron chi connectivity index (χ0n) is 9.18. The van der Waals surface area contributed by atoms with E-state index in [2.05, 4.69) is 5.32 Å². The molecule has 1 N–H and O–H groups in total. The molecule has 0 bridgehead atoms. The number of rotatable bonds is 4. The van der Waals surface area contributed by atoms with Crippen molar-refractivity contribution in [1.29, 1.82) is 0 Å². The van der Waals surface area contributed by atoms with Crippen LogP contribution in [0.1, 0.15) is 19.3 Å². The monoisotopic (exact) mass is 291 g/mol. The molecule has 0 amide bonds. The number of hydrogen-bond acceptors (Lipinski definition) is 5. The van der Waals surface area contributed by atoms with E-state index in [9.17, 15) is 16.8 Å². The lowest BCUT2D eigenvalue weighted by Gasteiger charge is -2.22. The van der Waals surface area contributed by atoms with Crippen molar-refractivity contribution in [1.82, 2.24) is 5.32 Å². The van der Waals surface area contributed by atoms with Gasteiger partial charge in [-0.25, -0.2) is 16.8 Å². The molecule has 0 unspecified atom stereocenters. The van der Waals surface area contributed by atoms with Crippen LogP contribution in [0, 0.1) is 0 Å². The average Bonchev–Trinajstić information content (AvgIpc) is 2.09. The van der Waals surface area contributed by atoms with Crippen LogP contribution < -0.4 is 5.32 Å². The highest BCUT2D eigenvalue weighted by Crippen LogP contribution is 2.23. The second kappa shape index (κ2) is 6.18. The highest BCUT2D eigenvalue weighted by molar-refractivity contribution is 8.09. The topological polar surface area (TPSA) is 80.3 Å². The largest absolute Gasteiger partial charge is 0.320 e. The van der Waals surface area contributed by atoms with E-state index in [-0.39, 0.29) is 36.8 Å². The fraction of sp³-hybridized carbons (Fsp3) is 1.00. The number of nitrogens with one attached hydrogen (secondary N) is 1. The first-order chi connectivity index (χ1) is 6.90. The Balaban J connectivity index is 0.00000225. The third-order valence-electron chi connectivity index (χ3n) is 2.53. The highest BCUT2D eigenvalue weighted by Gasteiger charge is 2.40. The molecular weight excluding hydrogens is 274 g/mol. The minimum absolute atomic E-state index is 0. The van der Waals surface area contributed by atoms with Gasteiger partial charge in [-0.05, 0) is 32.9 Å². The van der Waals surface area contributed by atoms with E-state index in [0.29, 0.717) is 13.0 Å². The Bertz CT molecular complexity index is 370. The van der Waals surface area contributed by atoms with Crippen molar-refractivity contribution in [2.24, 2.45) is 0 Å². The summed E-state index contributed by atoms with van der Waals surface area (Å²) < 4.78 is 45.2. The smallest absolute Gasteiger partial charge is 0.167 e. The van der Waals surface area contributed by atoms with Gasteiger partial charge in [0.15, 0.2) is 24.3 Å². The molecule has 8 heteroatoms. The SMILES string of the molecule is CNCCCC1S(=O)(=O)CCCS1(=O)=O.Cl. The van der Waals surface area contributed by atoms with Gasteiger partial charge in [0.25, 0.3) is 0 Å². The maximum Gasteiger partial charge on any atom is 0.167 e. The Morgan fingerprint density at radius 1 is 1.12 bits per heavy atom.